The summed E-state index contributed by atoms with van der Waals surface area (Å²) in [4.78, 5) is 12.5. The first-order chi connectivity index (χ1) is 12.6. The van der Waals surface area contributed by atoms with E-state index in [1.165, 1.54) is 0 Å². The largest absolute Gasteiger partial charge is 0.361 e. The summed E-state index contributed by atoms with van der Waals surface area (Å²) >= 11 is 1.75. The van der Waals surface area contributed by atoms with Gasteiger partial charge in [-0.05, 0) is 50.8 Å². The summed E-state index contributed by atoms with van der Waals surface area (Å²) in [6.45, 7) is 3.77. The first kappa shape index (κ1) is 18.4. The third kappa shape index (κ3) is 4.07. The van der Waals surface area contributed by atoms with E-state index in [4.69, 9.17) is 4.52 Å². The predicted octanol–water partition coefficient (Wildman–Crippen LogP) is 2.88. The number of nitrogens with one attached hydrogen (secondary N) is 1. The fraction of sp³-hybridized carbons (Fsp3) is 0.444. The maximum Gasteiger partial charge on any atom is 0.220 e. The molecule has 0 radical (unpaired) electrons. The van der Waals surface area contributed by atoms with Gasteiger partial charge in [0.1, 0.15) is 5.76 Å². The van der Waals surface area contributed by atoms with E-state index in [-0.39, 0.29) is 11.9 Å². The summed E-state index contributed by atoms with van der Waals surface area (Å²) in [5.74, 6) is 2.46. The van der Waals surface area contributed by atoms with Gasteiger partial charge in [-0.15, -0.1) is 10.2 Å². The number of amides is 1. The molecule has 3 rings (SSSR count). The minimum absolute atomic E-state index is 0.0104. The summed E-state index contributed by atoms with van der Waals surface area (Å²) in [6.07, 6.45) is 5.77. The smallest absolute Gasteiger partial charge is 0.220 e. The van der Waals surface area contributed by atoms with E-state index in [0.29, 0.717) is 12.8 Å². The molecule has 3 heterocycles. The third-order valence-electron chi connectivity index (χ3n) is 4.38. The van der Waals surface area contributed by atoms with Gasteiger partial charge in [-0.3, -0.25) is 9.20 Å². The second-order valence-electron chi connectivity index (χ2n) is 6.19. The van der Waals surface area contributed by atoms with Crippen LogP contribution in [0, 0.1) is 13.8 Å². The molecule has 138 valence electrons. The summed E-state index contributed by atoms with van der Waals surface area (Å²) in [5.41, 5.74) is 2.63. The monoisotopic (exact) mass is 373 g/mol. The van der Waals surface area contributed by atoms with Crippen LogP contribution in [0.4, 0.5) is 0 Å². The first-order valence-corrected chi connectivity index (χ1v) is 9.99. The van der Waals surface area contributed by atoms with Crippen molar-refractivity contribution in [1.29, 1.82) is 0 Å². The van der Waals surface area contributed by atoms with Crippen molar-refractivity contribution in [2.45, 2.75) is 39.2 Å². The van der Waals surface area contributed by atoms with Crippen LogP contribution in [0.15, 0.2) is 28.9 Å². The van der Waals surface area contributed by atoms with Gasteiger partial charge in [0.05, 0.1) is 11.7 Å². The van der Waals surface area contributed by atoms with Crippen LogP contribution in [0.2, 0.25) is 0 Å². The second-order valence-corrected chi connectivity index (χ2v) is 7.18. The maximum atomic E-state index is 12.5. The summed E-state index contributed by atoms with van der Waals surface area (Å²) < 4.78 is 7.09. The number of carbonyl (C=O) groups is 1. The number of aryl methyl sites for hydroxylation is 2. The van der Waals surface area contributed by atoms with Crippen molar-refractivity contribution in [2.24, 2.45) is 0 Å². The topological polar surface area (TPSA) is 85.3 Å². The Morgan fingerprint density at radius 3 is 2.92 bits per heavy atom. The summed E-state index contributed by atoms with van der Waals surface area (Å²) in [6, 6.07) is 5.59. The Balaban J connectivity index is 1.71. The Bertz CT molecular complexity index is 869. The maximum absolute atomic E-state index is 12.5. The number of hydrogen-bond donors (Lipinski definition) is 1. The van der Waals surface area contributed by atoms with Crippen LogP contribution >= 0.6 is 11.8 Å². The van der Waals surface area contributed by atoms with E-state index in [1.807, 2.05) is 42.6 Å². The van der Waals surface area contributed by atoms with Gasteiger partial charge in [-0.1, -0.05) is 11.2 Å². The molecule has 3 aromatic rings. The minimum Gasteiger partial charge on any atom is -0.361 e. The summed E-state index contributed by atoms with van der Waals surface area (Å²) in [5, 5.41) is 15.6. The number of thioether (sulfide) groups is 1. The van der Waals surface area contributed by atoms with E-state index in [2.05, 4.69) is 26.9 Å². The molecule has 0 aliphatic carbocycles. The van der Waals surface area contributed by atoms with Crippen molar-refractivity contribution in [1.82, 2.24) is 25.1 Å². The van der Waals surface area contributed by atoms with Crippen molar-refractivity contribution >= 4 is 23.3 Å². The predicted molar refractivity (Wildman–Crippen MR) is 101 cm³/mol. The lowest BCUT2D eigenvalue weighted by Gasteiger charge is -2.17. The molecule has 1 atom stereocenters. The fourth-order valence-corrected chi connectivity index (χ4v) is 3.43. The zero-order valence-electron chi connectivity index (χ0n) is 15.2. The summed E-state index contributed by atoms with van der Waals surface area (Å²) in [7, 11) is 0. The van der Waals surface area contributed by atoms with Gasteiger partial charge in [-0.25, -0.2) is 0 Å². The number of fused-ring (bicyclic) bond motifs is 1. The molecule has 1 amide bonds. The Morgan fingerprint density at radius 2 is 2.19 bits per heavy atom. The average molecular weight is 373 g/mol. The second kappa shape index (κ2) is 8.35. The molecule has 1 N–H and O–H groups in total. The number of hydrogen-bond acceptors (Lipinski definition) is 6. The van der Waals surface area contributed by atoms with E-state index < -0.39 is 0 Å². The van der Waals surface area contributed by atoms with Crippen LogP contribution in [-0.4, -0.2) is 37.7 Å². The van der Waals surface area contributed by atoms with Gasteiger partial charge in [0.2, 0.25) is 5.91 Å². The normalized spacial score (nSPS) is 12.4. The molecule has 26 heavy (non-hydrogen) atoms. The van der Waals surface area contributed by atoms with Gasteiger partial charge in [-0.2, -0.15) is 11.8 Å². The SMILES string of the molecule is CSCC[C@H](NC(=O)CCc1c(C)noc1C)c1nnc2ccccn12. The number of aromatic nitrogens is 4. The number of rotatable bonds is 8. The highest BCUT2D eigenvalue weighted by atomic mass is 32.2. The molecule has 0 unspecified atom stereocenters. The molecule has 0 saturated carbocycles. The van der Waals surface area contributed by atoms with E-state index in [1.54, 1.807) is 11.8 Å². The quantitative estimate of drug-likeness (QED) is 0.653. The van der Waals surface area contributed by atoms with Gasteiger partial charge >= 0.3 is 0 Å². The first-order valence-electron chi connectivity index (χ1n) is 8.60. The Labute approximate surface area is 156 Å². The van der Waals surface area contributed by atoms with Crippen LogP contribution in [-0.2, 0) is 11.2 Å². The standard InChI is InChI=1S/C18H23N5O2S/c1-12-14(13(2)25-22-12)7-8-17(24)19-15(9-11-26-3)18-21-20-16-6-4-5-10-23(16)18/h4-6,10,15H,7-9,11H2,1-3H3,(H,19,24)/t15-/m0/s1. The number of carbonyl (C=O) groups excluding carboxylic acids is 1. The van der Waals surface area contributed by atoms with E-state index in [0.717, 1.165) is 40.7 Å². The molecule has 0 aliphatic rings. The van der Waals surface area contributed by atoms with Crippen LogP contribution < -0.4 is 5.32 Å². The van der Waals surface area contributed by atoms with Gasteiger partial charge < -0.3 is 9.84 Å². The highest BCUT2D eigenvalue weighted by molar-refractivity contribution is 7.98. The van der Waals surface area contributed by atoms with Gasteiger partial charge in [0.15, 0.2) is 11.5 Å². The molecular weight excluding hydrogens is 350 g/mol. The van der Waals surface area contributed by atoms with E-state index >= 15 is 0 Å². The van der Waals surface area contributed by atoms with Crippen molar-refractivity contribution in [2.75, 3.05) is 12.0 Å². The molecule has 0 fully saturated rings. The van der Waals surface area contributed by atoms with Gasteiger partial charge in [0, 0.05) is 18.2 Å². The van der Waals surface area contributed by atoms with Crippen LogP contribution in [0.25, 0.3) is 5.65 Å². The van der Waals surface area contributed by atoms with Crippen LogP contribution in [0.3, 0.4) is 0 Å². The minimum atomic E-state index is -0.169. The van der Waals surface area contributed by atoms with Crippen molar-refractivity contribution in [3.8, 4) is 0 Å². The Hall–Kier alpha value is -2.35. The molecule has 3 aromatic heterocycles. The Morgan fingerprint density at radius 1 is 1.35 bits per heavy atom. The lowest BCUT2D eigenvalue weighted by atomic mass is 10.1. The number of pyridine rings is 1. The molecule has 0 saturated heterocycles. The molecule has 0 spiro atoms. The van der Waals surface area contributed by atoms with E-state index in [9.17, 15) is 4.79 Å². The number of nitrogens with zero attached hydrogens (tertiary/aromatic N) is 4. The Kier molecular flexibility index (Phi) is 5.92. The van der Waals surface area contributed by atoms with Gasteiger partial charge in [0.25, 0.3) is 0 Å². The zero-order valence-corrected chi connectivity index (χ0v) is 16.0. The molecular formula is C18H23N5O2S. The highest BCUT2D eigenvalue weighted by Gasteiger charge is 2.20. The highest BCUT2D eigenvalue weighted by Crippen LogP contribution is 2.19. The molecule has 0 aromatic carbocycles. The molecule has 0 bridgehead atoms. The molecule has 7 nitrogen and oxygen atoms in total. The lowest BCUT2D eigenvalue weighted by molar-refractivity contribution is -0.121. The van der Waals surface area contributed by atoms with Crippen molar-refractivity contribution in [3.63, 3.8) is 0 Å². The lowest BCUT2D eigenvalue weighted by Crippen LogP contribution is -2.30. The fourth-order valence-electron chi connectivity index (χ4n) is 2.96. The third-order valence-corrected chi connectivity index (χ3v) is 5.02. The van der Waals surface area contributed by atoms with Crippen molar-refractivity contribution < 1.29 is 9.32 Å². The zero-order chi connectivity index (χ0) is 18.5. The van der Waals surface area contributed by atoms with Crippen molar-refractivity contribution in [3.05, 3.63) is 47.2 Å². The molecule has 0 aliphatic heterocycles. The molecule has 8 heteroatoms. The van der Waals surface area contributed by atoms with Crippen LogP contribution in [0.5, 0.6) is 0 Å². The average Bonchev–Trinajstić information content (AvgIpc) is 3.20. The van der Waals surface area contributed by atoms with Crippen LogP contribution in [0.1, 0.15) is 41.7 Å².